The van der Waals surface area contributed by atoms with Crippen LogP contribution < -0.4 is 18.9 Å². The molecule has 0 radical (unpaired) electrons. The first-order valence-electron chi connectivity index (χ1n) is 12.6. The maximum absolute atomic E-state index is 6.02. The molecule has 0 bridgehead atoms. The summed E-state index contributed by atoms with van der Waals surface area (Å²) >= 11 is 0. The molecule has 2 aromatic rings. The van der Waals surface area contributed by atoms with Crippen LogP contribution in [0, 0.1) is 0 Å². The van der Waals surface area contributed by atoms with Crippen LogP contribution in [-0.2, 0) is 9.47 Å². The van der Waals surface area contributed by atoms with Gasteiger partial charge in [-0.3, -0.25) is 0 Å². The van der Waals surface area contributed by atoms with Crippen molar-refractivity contribution in [3.63, 3.8) is 0 Å². The van der Waals surface area contributed by atoms with Gasteiger partial charge in [0.1, 0.15) is 26.4 Å². The molecule has 34 heavy (non-hydrogen) atoms. The van der Waals surface area contributed by atoms with Crippen LogP contribution >= 0.6 is 0 Å². The van der Waals surface area contributed by atoms with E-state index in [1.165, 1.54) is 11.1 Å². The van der Waals surface area contributed by atoms with E-state index in [0.717, 1.165) is 35.8 Å². The highest BCUT2D eigenvalue weighted by Crippen LogP contribution is 2.33. The minimum atomic E-state index is 0.438. The number of ether oxygens (including phenoxy) is 6. The second-order valence-electron chi connectivity index (χ2n) is 8.65. The standard InChI is InChI=1S/C28H40O6/c1-5-21(3)23-7-9-25-27(19-23)33-17-13-29-12-16-32-26-10-8-24(22(4)6-2)20-28(26)34-18-14-30-11-15-31-25/h7-10,19-22H,5-6,11-18H2,1-4H3/t21-,22-/m1/s1. The quantitative estimate of drug-likeness (QED) is 0.546. The number of benzene rings is 2. The highest BCUT2D eigenvalue weighted by Gasteiger charge is 2.13. The fourth-order valence-electron chi connectivity index (χ4n) is 3.64. The predicted molar refractivity (Wildman–Crippen MR) is 134 cm³/mol. The zero-order valence-electron chi connectivity index (χ0n) is 21.1. The van der Waals surface area contributed by atoms with Crippen molar-refractivity contribution in [2.45, 2.75) is 52.4 Å². The van der Waals surface area contributed by atoms with E-state index in [1.807, 2.05) is 12.1 Å². The predicted octanol–water partition coefficient (Wildman–Crippen LogP) is 5.98. The van der Waals surface area contributed by atoms with Crippen molar-refractivity contribution >= 4 is 0 Å². The Morgan fingerprint density at radius 2 is 0.882 bits per heavy atom. The van der Waals surface area contributed by atoms with Gasteiger partial charge in [0.2, 0.25) is 0 Å². The number of hydrogen-bond acceptors (Lipinski definition) is 6. The summed E-state index contributed by atoms with van der Waals surface area (Å²) in [6, 6.07) is 12.3. The number of hydrogen-bond donors (Lipinski definition) is 0. The summed E-state index contributed by atoms with van der Waals surface area (Å²) in [5, 5.41) is 0. The maximum Gasteiger partial charge on any atom is 0.161 e. The minimum Gasteiger partial charge on any atom is -0.487 e. The third kappa shape index (κ3) is 7.81. The van der Waals surface area contributed by atoms with Gasteiger partial charge in [0.05, 0.1) is 26.4 Å². The molecule has 0 saturated carbocycles. The first-order valence-corrected chi connectivity index (χ1v) is 12.6. The van der Waals surface area contributed by atoms with Crippen LogP contribution in [0.4, 0.5) is 0 Å². The Balaban J connectivity index is 1.64. The van der Waals surface area contributed by atoms with Crippen LogP contribution in [-0.4, -0.2) is 52.9 Å². The van der Waals surface area contributed by atoms with Crippen LogP contribution in [0.3, 0.4) is 0 Å². The van der Waals surface area contributed by atoms with Crippen LogP contribution in [0.25, 0.3) is 0 Å². The summed E-state index contributed by atoms with van der Waals surface area (Å²) in [5.41, 5.74) is 2.48. The van der Waals surface area contributed by atoms with E-state index in [1.54, 1.807) is 0 Å². The summed E-state index contributed by atoms with van der Waals surface area (Å²) in [7, 11) is 0. The van der Waals surface area contributed by atoms with E-state index >= 15 is 0 Å². The SMILES string of the molecule is CC[C@@H](C)c1ccc2c(c1)OCCOCCOc1ccc([C@H](C)CC)cc1OCCOCCO2. The van der Waals surface area contributed by atoms with Crippen molar-refractivity contribution in [1.82, 2.24) is 0 Å². The fraction of sp³-hybridized carbons (Fsp3) is 0.571. The summed E-state index contributed by atoms with van der Waals surface area (Å²) in [5.74, 6) is 3.86. The fourth-order valence-corrected chi connectivity index (χ4v) is 3.64. The van der Waals surface area contributed by atoms with Gasteiger partial charge in [-0.25, -0.2) is 0 Å². The van der Waals surface area contributed by atoms with Gasteiger partial charge in [0.25, 0.3) is 0 Å². The van der Waals surface area contributed by atoms with Gasteiger partial charge in [-0.15, -0.1) is 0 Å². The average molecular weight is 473 g/mol. The Labute approximate surface area is 204 Å². The van der Waals surface area contributed by atoms with Gasteiger partial charge < -0.3 is 28.4 Å². The van der Waals surface area contributed by atoms with Crippen molar-refractivity contribution < 1.29 is 28.4 Å². The van der Waals surface area contributed by atoms with Crippen molar-refractivity contribution in [2.24, 2.45) is 0 Å². The van der Waals surface area contributed by atoms with Gasteiger partial charge in [0.15, 0.2) is 23.0 Å². The lowest BCUT2D eigenvalue weighted by molar-refractivity contribution is 0.0639. The summed E-state index contributed by atoms with van der Waals surface area (Å²) < 4.78 is 35.4. The molecule has 2 aromatic carbocycles. The van der Waals surface area contributed by atoms with Gasteiger partial charge >= 0.3 is 0 Å². The van der Waals surface area contributed by atoms with Crippen molar-refractivity contribution in [3.8, 4) is 23.0 Å². The Morgan fingerprint density at radius 1 is 0.529 bits per heavy atom. The molecule has 1 aliphatic rings. The Kier molecular flexibility index (Phi) is 10.8. The average Bonchev–Trinajstić information content (AvgIpc) is 2.87. The van der Waals surface area contributed by atoms with Crippen molar-refractivity contribution in [2.75, 3.05) is 52.9 Å². The second kappa shape index (κ2) is 14.1. The largest absolute Gasteiger partial charge is 0.487 e. The smallest absolute Gasteiger partial charge is 0.161 e. The van der Waals surface area contributed by atoms with Crippen LogP contribution in [0.2, 0.25) is 0 Å². The minimum absolute atomic E-state index is 0.438. The van der Waals surface area contributed by atoms with Gasteiger partial charge in [-0.1, -0.05) is 39.8 Å². The molecule has 1 heterocycles. The number of fused-ring (bicyclic) bond motifs is 2. The lowest BCUT2D eigenvalue weighted by atomic mass is 9.98. The van der Waals surface area contributed by atoms with Crippen LogP contribution in [0.1, 0.15) is 63.5 Å². The van der Waals surface area contributed by atoms with E-state index in [0.29, 0.717) is 64.7 Å². The lowest BCUT2D eigenvalue weighted by Gasteiger charge is -2.18. The molecule has 0 aromatic heterocycles. The molecule has 2 atom stereocenters. The highest BCUT2D eigenvalue weighted by atomic mass is 16.6. The molecule has 0 saturated heterocycles. The van der Waals surface area contributed by atoms with Gasteiger partial charge in [-0.05, 0) is 60.1 Å². The van der Waals surface area contributed by atoms with E-state index in [9.17, 15) is 0 Å². The molecular weight excluding hydrogens is 432 g/mol. The molecule has 0 aliphatic carbocycles. The van der Waals surface area contributed by atoms with Gasteiger partial charge in [0, 0.05) is 0 Å². The van der Waals surface area contributed by atoms with Crippen molar-refractivity contribution in [3.05, 3.63) is 47.5 Å². The molecule has 3 rings (SSSR count). The normalized spacial score (nSPS) is 17.8. The van der Waals surface area contributed by atoms with Gasteiger partial charge in [-0.2, -0.15) is 0 Å². The topological polar surface area (TPSA) is 55.4 Å². The zero-order valence-corrected chi connectivity index (χ0v) is 21.1. The monoisotopic (exact) mass is 472 g/mol. The second-order valence-corrected chi connectivity index (χ2v) is 8.65. The van der Waals surface area contributed by atoms with Crippen molar-refractivity contribution in [1.29, 1.82) is 0 Å². The molecule has 0 N–H and O–H groups in total. The van der Waals surface area contributed by atoms with E-state index < -0.39 is 0 Å². The highest BCUT2D eigenvalue weighted by molar-refractivity contribution is 5.45. The Bertz CT molecular complexity index is 796. The molecule has 0 fully saturated rings. The molecule has 6 nitrogen and oxygen atoms in total. The molecule has 0 amide bonds. The Morgan fingerprint density at radius 3 is 1.24 bits per heavy atom. The molecule has 1 aliphatic heterocycles. The lowest BCUT2D eigenvalue weighted by Crippen LogP contribution is -2.15. The van der Waals surface area contributed by atoms with Crippen LogP contribution in [0.5, 0.6) is 23.0 Å². The third-order valence-corrected chi connectivity index (χ3v) is 6.24. The van der Waals surface area contributed by atoms with E-state index in [-0.39, 0.29) is 0 Å². The first-order chi connectivity index (χ1) is 16.6. The third-order valence-electron chi connectivity index (χ3n) is 6.24. The molecule has 0 unspecified atom stereocenters. The summed E-state index contributed by atoms with van der Waals surface area (Å²) in [4.78, 5) is 0. The number of rotatable bonds is 4. The summed E-state index contributed by atoms with van der Waals surface area (Å²) in [6.07, 6.45) is 2.14. The molecule has 0 spiro atoms. The Hall–Kier alpha value is -2.44. The molecule has 188 valence electrons. The summed E-state index contributed by atoms with van der Waals surface area (Å²) in [6.45, 7) is 12.4. The van der Waals surface area contributed by atoms with E-state index in [4.69, 9.17) is 28.4 Å². The van der Waals surface area contributed by atoms with Crippen LogP contribution in [0.15, 0.2) is 36.4 Å². The first kappa shape index (κ1) is 26.2. The molecule has 6 heteroatoms. The van der Waals surface area contributed by atoms with E-state index in [2.05, 4.69) is 52.0 Å². The maximum atomic E-state index is 6.02. The molecular formula is C28H40O6. The zero-order chi connectivity index (χ0) is 24.2.